The van der Waals surface area contributed by atoms with Gasteiger partial charge >= 0.3 is 0 Å². The average molecular weight is 411 g/mol. The Kier molecular flexibility index (Phi) is 5.93. The normalized spacial score (nSPS) is 11.3. The van der Waals surface area contributed by atoms with E-state index in [2.05, 4.69) is 28.2 Å². The van der Waals surface area contributed by atoms with Crippen LogP contribution >= 0.6 is 11.6 Å². The smallest absolute Gasteiger partial charge is 0.124 e. The minimum Gasteiger partial charge on any atom is -0.343 e. The van der Waals surface area contributed by atoms with Crippen molar-refractivity contribution in [1.82, 2.24) is 9.88 Å². The van der Waals surface area contributed by atoms with Crippen LogP contribution in [0.5, 0.6) is 0 Å². The molecule has 0 bridgehead atoms. The van der Waals surface area contributed by atoms with Crippen LogP contribution < -0.4 is 5.32 Å². The van der Waals surface area contributed by atoms with Crippen LogP contribution in [0.25, 0.3) is 10.9 Å². The van der Waals surface area contributed by atoms with Gasteiger partial charge in [0.15, 0.2) is 0 Å². The van der Waals surface area contributed by atoms with Crippen molar-refractivity contribution >= 4 is 22.5 Å². The molecule has 0 fully saturated rings. The molecule has 0 aliphatic heterocycles. The predicted molar refractivity (Wildman–Crippen MR) is 114 cm³/mol. The van der Waals surface area contributed by atoms with Crippen LogP contribution in [0.4, 0.5) is 8.78 Å². The summed E-state index contributed by atoms with van der Waals surface area (Å²) < 4.78 is 28.5. The monoisotopic (exact) mass is 410 g/mol. The van der Waals surface area contributed by atoms with Crippen LogP contribution in [0, 0.1) is 11.6 Å². The number of halogens is 3. The predicted octanol–water partition coefficient (Wildman–Crippen LogP) is 5.95. The lowest BCUT2D eigenvalue weighted by Crippen LogP contribution is -2.16. The molecule has 0 radical (unpaired) electrons. The van der Waals surface area contributed by atoms with E-state index in [1.54, 1.807) is 6.07 Å². The van der Waals surface area contributed by atoms with E-state index < -0.39 is 0 Å². The molecule has 0 aliphatic carbocycles. The van der Waals surface area contributed by atoms with Crippen LogP contribution in [0.1, 0.15) is 16.7 Å². The Morgan fingerprint density at radius 2 is 1.62 bits per heavy atom. The second-order valence-electron chi connectivity index (χ2n) is 7.09. The van der Waals surface area contributed by atoms with Crippen molar-refractivity contribution in [3.05, 3.63) is 106 Å². The molecule has 0 unspecified atom stereocenters. The Bertz CT molecular complexity index is 1120. The Morgan fingerprint density at radius 3 is 2.41 bits per heavy atom. The van der Waals surface area contributed by atoms with Gasteiger partial charge in [0.05, 0.1) is 0 Å². The fourth-order valence-electron chi connectivity index (χ4n) is 3.53. The first-order valence-electron chi connectivity index (χ1n) is 9.56. The molecular formula is C24H21ClF2N2. The maximum atomic E-state index is 13.3. The number of aromatic nitrogens is 1. The number of fused-ring (bicyclic) bond motifs is 1. The van der Waals surface area contributed by atoms with Gasteiger partial charge in [0, 0.05) is 35.2 Å². The summed E-state index contributed by atoms with van der Waals surface area (Å²) >= 11 is 6.22. The lowest BCUT2D eigenvalue weighted by atomic mass is 10.1. The van der Waals surface area contributed by atoms with Gasteiger partial charge in [0.25, 0.3) is 0 Å². The van der Waals surface area contributed by atoms with Crippen molar-refractivity contribution in [2.24, 2.45) is 0 Å². The summed E-state index contributed by atoms with van der Waals surface area (Å²) in [6.07, 6.45) is 2.96. The molecule has 148 valence electrons. The van der Waals surface area contributed by atoms with Crippen LogP contribution in [0.15, 0.2) is 72.9 Å². The molecule has 0 aliphatic rings. The second-order valence-corrected chi connectivity index (χ2v) is 7.50. The van der Waals surface area contributed by atoms with Crippen LogP contribution in [-0.4, -0.2) is 11.1 Å². The van der Waals surface area contributed by atoms with Crippen molar-refractivity contribution in [2.45, 2.75) is 19.5 Å². The molecule has 3 aromatic carbocycles. The van der Waals surface area contributed by atoms with Gasteiger partial charge in [0.1, 0.15) is 11.6 Å². The summed E-state index contributed by atoms with van der Waals surface area (Å²) in [7, 11) is 0. The van der Waals surface area contributed by atoms with Gasteiger partial charge in [-0.25, -0.2) is 8.78 Å². The van der Waals surface area contributed by atoms with Gasteiger partial charge in [-0.3, -0.25) is 0 Å². The summed E-state index contributed by atoms with van der Waals surface area (Å²) in [4.78, 5) is 0. The highest BCUT2D eigenvalue weighted by Gasteiger charge is 2.10. The molecule has 29 heavy (non-hydrogen) atoms. The Morgan fingerprint density at radius 1 is 0.862 bits per heavy atom. The number of nitrogens with one attached hydrogen (secondary N) is 1. The molecule has 5 heteroatoms. The van der Waals surface area contributed by atoms with E-state index in [0.717, 1.165) is 36.2 Å². The van der Waals surface area contributed by atoms with E-state index in [-0.39, 0.29) is 11.6 Å². The zero-order valence-corrected chi connectivity index (χ0v) is 16.6. The van der Waals surface area contributed by atoms with Gasteiger partial charge in [-0.1, -0.05) is 48.0 Å². The number of hydrogen-bond acceptors (Lipinski definition) is 1. The highest BCUT2D eigenvalue weighted by molar-refractivity contribution is 6.31. The summed E-state index contributed by atoms with van der Waals surface area (Å²) in [5.74, 6) is -0.544. The maximum Gasteiger partial charge on any atom is 0.124 e. The van der Waals surface area contributed by atoms with E-state index in [1.807, 2.05) is 24.3 Å². The molecule has 1 N–H and O–H groups in total. The number of para-hydroxylation sites is 1. The van der Waals surface area contributed by atoms with Crippen molar-refractivity contribution in [2.75, 3.05) is 6.54 Å². The summed E-state index contributed by atoms with van der Waals surface area (Å²) in [5, 5.41) is 5.08. The third kappa shape index (κ3) is 4.66. The average Bonchev–Trinajstić information content (AvgIpc) is 3.06. The number of benzene rings is 3. The van der Waals surface area contributed by atoms with Crippen LogP contribution in [0.2, 0.25) is 5.02 Å². The minimum atomic E-state index is -0.331. The molecule has 1 aromatic heterocycles. The SMILES string of the molecule is Fc1ccc(CCNCc2cn(Cc3ccc(F)cc3Cl)c3ccccc23)cc1. The Balaban J connectivity index is 1.47. The summed E-state index contributed by atoms with van der Waals surface area (Å²) in [6.45, 7) is 2.11. The first-order chi connectivity index (χ1) is 14.1. The van der Waals surface area contributed by atoms with Crippen molar-refractivity contribution in [3.63, 3.8) is 0 Å². The maximum absolute atomic E-state index is 13.3. The number of hydrogen-bond donors (Lipinski definition) is 1. The van der Waals surface area contributed by atoms with E-state index in [4.69, 9.17) is 11.6 Å². The molecule has 4 aromatic rings. The zero-order chi connectivity index (χ0) is 20.2. The van der Waals surface area contributed by atoms with Gasteiger partial charge < -0.3 is 9.88 Å². The van der Waals surface area contributed by atoms with Gasteiger partial charge in [-0.2, -0.15) is 0 Å². The van der Waals surface area contributed by atoms with Gasteiger partial charge in [-0.05, 0) is 60.0 Å². The van der Waals surface area contributed by atoms with Crippen molar-refractivity contribution in [3.8, 4) is 0 Å². The first-order valence-corrected chi connectivity index (χ1v) is 9.94. The fraction of sp³-hybridized carbons (Fsp3) is 0.167. The molecule has 0 saturated carbocycles. The fourth-order valence-corrected chi connectivity index (χ4v) is 3.76. The molecule has 0 atom stereocenters. The third-order valence-corrected chi connectivity index (χ3v) is 5.40. The molecule has 0 saturated heterocycles. The quantitative estimate of drug-likeness (QED) is 0.372. The van der Waals surface area contributed by atoms with E-state index in [1.165, 1.54) is 35.2 Å². The Hall–Kier alpha value is -2.69. The van der Waals surface area contributed by atoms with Gasteiger partial charge in [0.2, 0.25) is 0 Å². The second kappa shape index (κ2) is 8.76. The molecule has 0 spiro atoms. The van der Waals surface area contributed by atoms with Gasteiger partial charge in [-0.15, -0.1) is 0 Å². The summed E-state index contributed by atoms with van der Waals surface area (Å²) in [6, 6.07) is 19.3. The molecular weight excluding hydrogens is 390 g/mol. The van der Waals surface area contributed by atoms with Crippen molar-refractivity contribution < 1.29 is 8.78 Å². The largest absolute Gasteiger partial charge is 0.343 e. The lowest BCUT2D eigenvalue weighted by molar-refractivity contribution is 0.625. The standard InChI is InChI=1S/C24H21ClF2N2/c25-23-13-21(27)10-7-18(23)15-29-16-19(22-3-1-2-4-24(22)29)14-28-12-11-17-5-8-20(26)9-6-17/h1-10,13,16,28H,11-12,14-15H2. The van der Waals surface area contributed by atoms with E-state index >= 15 is 0 Å². The number of nitrogens with zero attached hydrogens (tertiary/aromatic N) is 1. The van der Waals surface area contributed by atoms with Crippen LogP contribution in [0.3, 0.4) is 0 Å². The highest BCUT2D eigenvalue weighted by atomic mass is 35.5. The lowest BCUT2D eigenvalue weighted by Gasteiger charge is -2.07. The Labute approximate surface area is 173 Å². The minimum absolute atomic E-state index is 0.212. The van der Waals surface area contributed by atoms with E-state index in [9.17, 15) is 8.78 Å². The molecule has 0 amide bonds. The number of rotatable bonds is 7. The molecule has 2 nitrogen and oxygen atoms in total. The molecule has 1 heterocycles. The zero-order valence-electron chi connectivity index (χ0n) is 15.8. The molecule has 4 rings (SSSR count). The topological polar surface area (TPSA) is 17.0 Å². The summed E-state index contributed by atoms with van der Waals surface area (Å²) in [5.41, 5.74) is 4.29. The highest BCUT2D eigenvalue weighted by Crippen LogP contribution is 2.25. The third-order valence-electron chi connectivity index (χ3n) is 5.05. The van der Waals surface area contributed by atoms with Crippen molar-refractivity contribution in [1.29, 1.82) is 0 Å². The first kappa shape index (κ1) is 19.6. The van der Waals surface area contributed by atoms with E-state index in [0.29, 0.717) is 11.6 Å². The van der Waals surface area contributed by atoms with Crippen LogP contribution in [-0.2, 0) is 19.5 Å².